The number of hydrogen-bond donors (Lipinski definition) is 3. The van der Waals surface area contributed by atoms with Gasteiger partial charge in [0.05, 0.1) is 16.9 Å². The fourth-order valence-corrected chi connectivity index (χ4v) is 7.32. The zero-order valence-corrected chi connectivity index (χ0v) is 20.6. The summed E-state index contributed by atoms with van der Waals surface area (Å²) in [5.41, 5.74) is 5.07. The van der Waals surface area contributed by atoms with Crippen LogP contribution in [0.4, 0.5) is 4.39 Å². The van der Waals surface area contributed by atoms with E-state index in [-0.39, 0.29) is 24.3 Å². The number of carbonyl (C=O) groups is 1. The van der Waals surface area contributed by atoms with Crippen LogP contribution in [0.2, 0.25) is 0 Å². The minimum atomic E-state index is -1.81. The van der Waals surface area contributed by atoms with E-state index in [4.69, 9.17) is 9.72 Å². The van der Waals surface area contributed by atoms with Crippen molar-refractivity contribution in [2.24, 2.45) is 0 Å². The van der Waals surface area contributed by atoms with Gasteiger partial charge in [-0.2, -0.15) is 0 Å². The van der Waals surface area contributed by atoms with Gasteiger partial charge in [0.15, 0.2) is 11.8 Å². The van der Waals surface area contributed by atoms with Gasteiger partial charge in [-0.05, 0) is 68.3 Å². The highest BCUT2D eigenvalue weighted by Crippen LogP contribution is 2.52. The molecule has 0 bridgehead atoms. The Morgan fingerprint density at radius 3 is 2.92 bits per heavy atom. The highest BCUT2D eigenvalue weighted by molar-refractivity contribution is 5.94. The zero-order valence-electron chi connectivity index (χ0n) is 20.6. The molecule has 2 aromatic rings. The van der Waals surface area contributed by atoms with Gasteiger partial charge in [-0.3, -0.25) is 0 Å². The fourth-order valence-electron chi connectivity index (χ4n) is 7.32. The molecule has 1 aliphatic carbocycles. The van der Waals surface area contributed by atoms with Crippen molar-refractivity contribution in [1.82, 2.24) is 15.2 Å². The van der Waals surface area contributed by atoms with Crippen molar-refractivity contribution in [2.75, 3.05) is 19.7 Å². The molecule has 3 atom stereocenters. The van der Waals surface area contributed by atoms with Gasteiger partial charge in [-0.25, -0.2) is 14.2 Å². The van der Waals surface area contributed by atoms with Crippen LogP contribution in [0.3, 0.4) is 0 Å². The number of esters is 1. The van der Waals surface area contributed by atoms with Gasteiger partial charge >= 0.3 is 5.97 Å². The maximum Gasteiger partial charge on any atom is 0.343 e. The summed E-state index contributed by atoms with van der Waals surface area (Å²) < 4.78 is 20.3. The Labute approximate surface area is 208 Å². The third-order valence-electron chi connectivity index (χ3n) is 9.33. The van der Waals surface area contributed by atoms with E-state index in [9.17, 15) is 15.0 Å². The number of aliphatic hydroxyl groups is 2. The number of carbonyl (C=O) groups excluding carboxylic acids is 1. The van der Waals surface area contributed by atoms with Gasteiger partial charge in [0.2, 0.25) is 0 Å². The number of fused-ring (bicyclic) bond motifs is 5. The molecule has 5 heterocycles. The molecule has 5 aliphatic rings. The Hall–Kier alpha value is -2.81. The molecular weight excluding hydrogens is 461 g/mol. The third-order valence-corrected chi connectivity index (χ3v) is 9.33. The number of halogens is 1. The number of cyclic esters (lactones) is 1. The average Bonchev–Trinajstić information content (AvgIpc) is 3.25. The van der Waals surface area contributed by atoms with Crippen LogP contribution in [0.5, 0.6) is 0 Å². The van der Waals surface area contributed by atoms with E-state index < -0.39 is 17.8 Å². The van der Waals surface area contributed by atoms with Gasteiger partial charge in [-0.1, -0.05) is 6.92 Å². The van der Waals surface area contributed by atoms with Gasteiger partial charge in [0.25, 0.3) is 0 Å². The van der Waals surface area contributed by atoms with Crippen LogP contribution in [0, 0.1) is 12.7 Å². The molecule has 36 heavy (non-hydrogen) atoms. The van der Waals surface area contributed by atoms with Crippen molar-refractivity contribution < 1.29 is 24.1 Å². The molecule has 7 nitrogen and oxygen atoms in total. The number of aryl methyl sites for hydroxylation is 1. The SMILES string of the molecule is CC[C@@]1(O)C(=O)OCC2=C1C=C1c3nc4cc(F)c(C)c5c4c(c3CN1C2O)[C@]1(CCCNC1)CC5. The van der Waals surface area contributed by atoms with Crippen LogP contribution in [-0.2, 0) is 27.9 Å². The standard InChI is InChI=1S/C28H30FN3O4/c1-3-28(35)18-9-21-24-16(11-32(21)25(33)17(18)12-36-26(28)34)23-22-15(14(2)19(29)10-20(22)31-24)5-7-27(23)6-4-8-30-13-27/h9-10,25,30,33,35H,3-8,11-13H2,1-2H3/t25?,27-,28+/m1/s1. The smallest absolute Gasteiger partial charge is 0.343 e. The zero-order chi connectivity index (χ0) is 25.0. The number of hydrogen-bond acceptors (Lipinski definition) is 7. The monoisotopic (exact) mass is 491 g/mol. The number of aromatic nitrogens is 1. The van der Waals surface area contributed by atoms with E-state index in [1.165, 1.54) is 5.56 Å². The predicted octanol–water partition coefficient (Wildman–Crippen LogP) is 2.73. The summed E-state index contributed by atoms with van der Waals surface area (Å²) in [6.45, 7) is 5.84. The summed E-state index contributed by atoms with van der Waals surface area (Å²) in [5, 5.41) is 27.3. The molecule has 0 amide bonds. The third kappa shape index (κ3) is 2.67. The average molecular weight is 492 g/mol. The van der Waals surface area contributed by atoms with Crippen LogP contribution in [0.1, 0.15) is 60.6 Å². The normalized spacial score (nSPS) is 30.8. The van der Waals surface area contributed by atoms with Gasteiger partial charge in [-0.15, -0.1) is 0 Å². The first-order valence-electron chi connectivity index (χ1n) is 12.9. The Kier molecular flexibility index (Phi) is 4.58. The molecule has 7 rings (SSSR count). The highest BCUT2D eigenvalue weighted by atomic mass is 19.1. The molecule has 4 aliphatic heterocycles. The topological polar surface area (TPSA) is 94.9 Å². The molecule has 1 aromatic carbocycles. The van der Waals surface area contributed by atoms with Crippen molar-refractivity contribution in [3.63, 3.8) is 0 Å². The number of benzene rings is 1. The van der Waals surface area contributed by atoms with Crippen molar-refractivity contribution in [1.29, 1.82) is 0 Å². The second kappa shape index (κ2) is 7.37. The summed E-state index contributed by atoms with van der Waals surface area (Å²) >= 11 is 0. The van der Waals surface area contributed by atoms with Crippen LogP contribution in [0.15, 0.2) is 23.3 Å². The lowest BCUT2D eigenvalue weighted by atomic mass is 9.64. The first kappa shape index (κ1) is 22.4. The highest BCUT2D eigenvalue weighted by Gasteiger charge is 2.51. The molecule has 3 N–H and O–H groups in total. The van der Waals surface area contributed by atoms with Gasteiger partial charge < -0.3 is 25.2 Å². The second-order valence-electron chi connectivity index (χ2n) is 11.0. The number of pyridine rings is 1. The quantitative estimate of drug-likeness (QED) is 0.528. The molecule has 1 unspecified atom stereocenters. The first-order valence-corrected chi connectivity index (χ1v) is 12.9. The Bertz CT molecular complexity index is 1420. The van der Waals surface area contributed by atoms with Crippen LogP contribution >= 0.6 is 0 Å². The van der Waals surface area contributed by atoms with Crippen molar-refractivity contribution >= 4 is 22.6 Å². The number of nitrogens with zero attached hydrogens (tertiary/aromatic N) is 2. The number of piperidine rings is 1. The van der Waals surface area contributed by atoms with Crippen LogP contribution < -0.4 is 5.32 Å². The largest absolute Gasteiger partial charge is 0.459 e. The minimum Gasteiger partial charge on any atom is -0.459 e. The lowest BCUT2D eigenvalue weighted by Gasteiger charge is -2.43. The van der Waals surface area contributed by atoms with E-state index in [0.717, 1.165) is 55.3 Å². The maximum absolute atomic E-state index is 15.0. The molecule has 1 aromatic heterocycles. The van der Waals surface area contributed by atoms with E-state index in [1.807, 2.05) is 11.8 Å². The maximum atomic E-state index is 15.0. The lowest BCUT2D eigenvalue weighted by Crippen LogP contribution is -2.50. The summed E-state index contributed by atoms with van der Waals surface area (Å²) in [5.74, 6) is -0.947. The number of ether oxygens (including phenoxy) is 1. The van der Waals surface area contributed by atoms with E-state index >= 15 is 4.39 Å². The molecule has 1 spiro atoms. The molecule has 1 saturated heterocycles. The van der Waals surface area contributed by atoms with Crippen molar-refractivity contribution in [3.8, 4) is 0 Å². The fraction of sp³-hybridized carbons (Fsp3) is 0.500. The minimum absolute atomic E-state index is 0.0566. The summed E-state index contributed by atoms with van der Waals surface area (Å²) in [6.07, 6.45) is 4.77. The Balaban J connectivity index is 1.52. The van der Waals surface area contributed by atoms with Gasteiger partial charge in [0.1, 0.15) is 12.4 Å². The van der Waals surface area contributed by atoms with Crippen LogP contribution in [0.25, 0.3) is 16.6 Å². The second-order valence-corrected chi connectivity index (χ2v) is 11.0. The molecule has 8 heteroatoms. The first-order chi connectivity index (χ1) is 17.3. The molecule has 188 valence electrons. The molecule has 0 saturated carbocycles. The Morgan fingerprint density at radius 1 is 1.33 bits per heavy atom. The molecular formula is C28H30FN3O4. The van der Waals surface area contributed by atoms with Crippen LogP contribution in [-0.4, -0.2) is 57.6 Å². The number of nitrogens with one attached hydrogen (secondary N) is 1. The van der Waals surface area contributed by atoms with E-state index in [1.54, 1.807) is 19.1 Å². The summed E-state index contributed by atoms with van der Waals surface area (Å²) in [6, 6.07) is 1.54. The van der Waals surface area contributed by atoms with E-state index in [0.29, 0.717) is 40.2 Å². The number of rotatable bonds is 1. The molecule has 1 fully saturated rings. The van der Waals surface area contributed by atoms with Crippen molar-refractivity contribution in [3.05, 3.63) is 57.1 Å². The van der Waals surface area contributed by atoms with Crippen molar-refractivity contribution in [2.45, 2.75) is 69.7 Å². The van der Waals surface area contributed by atoms with Gasteiger partial charge in [0, 0.05) is 46.7 Å². The Morgan fingerprint density at radius 2 is 2.17 bits per heavy atom. The van der Waals surface area contributed by atoms with E-state index in [2.05, 4.69) is 5.32 Å². The summed E-state index contributed by atoms with van der Waals surface area (Å²) in [4.78, 5) is 19.4. The lowest BCUT2D eigenvalue weighted by molar-refractivity contribution is -0.164. The predicted molar refractivity (Wildman–Crippen MR) is 131 cm³/mol. The summed E-state index contributed by atoms with van der Waals surface area (Å²) in [7, 11) is 0. The molecule has 0 radical (unpaired) electrons. The number of aliphatic hydroxyl groups excluding tert-OH is 1.